The van der Waals surface area contributed by atoms with Gasteiger partial charge in [0.15, 0.2) is 5.12 Å². The third kappa shape index (κ3) is 5.47. The van der Waals surface area contributed by atoms with Crippen molar-refractivity contribution in [1.82, 2.24) is 0 Å². The Kier molecular flexibility index (Phi) is 4.20. The number of halogens is 3. The highest BCUT2D eigenvalue weighted by Crippen LogP contribution is 2.22. The van der Waals surface area contributed by atoms with E-state index in [9.17, 15) is 18.0 Å². The van der Waals surface area contributed by atoms with Crippen LogP contribution in [0.1, 0.15) is 5.56 Å². The van der Waals surface area contributed by atoms with E-state index in [4.69, 9.17) is 0 Å². The van der Waals surface area contributed by atoms with Crippen LogP contribution in [0.25, 0.3) is 0 Å². The minimum absolute atomic E-state index is 0.0432. The molecule has 1 nitrogen and oxygen atoms in total. The summed E-state index contributed by atoms with van der Waals surface area (Å²) in [6, 6.07) is 8.71. The maximum Gasteiger partial charge on any atom is 0.398 e. The Balaban J connectivity index is 2.38. The predicted molar refractivity (Wildman–Crippen MR) is 53.7 cm³/mol. The van der Waals surface area contributed by atoms with Crippen LogP contribution < -0.4 is 0 Å². The average Bonchev–Trinajstić information content (AvgIpc) is 2.15. The van der Waals surface area contributed by atoms with E-state index in [2.05, 4.69) is 0 Å². The molecule has 0 saturated heterocycles. The van der Waals surface area contributed by atoms with Crippen LogP contribution in [0.2, 0.25) is 0 Å². The van der Waals surface area contributed by atoms with Crippen LogP contribution in [-0.2, 0) is 11.2 Å². The van der Waals surface area contributed by atoms with E-state index in [1.54, 1.807) is 30.3 Å². The quantitative estimate of drug-likeness (QED) is 0.799. The van der Waals surface area contributed by atoms with E-state index in [1.165, 1.54) is 0 Å². The van der Waals surface area contributed by atoms with Crippen LogP contribution in [0, 0.1) is 0 Å². The minimum Gasteiger partial charge on any atom is -0.287 e. The van der Waals surface area contributed by atoms with Crippen molar-refractivity contribution in [2.24, 2.45) is 0 Å². The van der Waals surface area contributed by atoms with Crippen LogP contribution in [0.5, 0.6) is 0 Å². The first-order chi connectivity index (χ1) is 6.97. The lowest BCUT2D eigenvalue weighted by molar-refractivity contribution is -0.113. The fourth-order valence-corrected chi connectivity index (χ4v) is 1.57. The molecule has 0 aliphatic rings. The summed E-state index contributed by atoms with van der Waals surface area (Å²) in [4.78, 5) is 11.1. The molecule has 0 radical (unpaired) electrons. The van der Waals surface area contributed by atoms with Crippen molar-refractivity contribution in [3.8, 4) is 0 Å². The highest BCUT2D eigenvalue weighted by molar-refractivity contribution is 8.13. The Morgan fingerprint density at radius 1 is 1.20 bits per heavy atom. The van der Waals surface area contributed by atoms with Crippen molar-refractivity contribution in [2.75, 3.05) is 5.75 Å². The highest BCUT2D eigenvalue weighted by Gasteiger charge is 2.28. The summed E-state index contributed by atoms with van der Waals surface area (Å²) in [6.07, 6.45) is -4.24. The molecule has 1 aromatic rings. The van der Waals surface area contributed by atoms with Gasteiger partial charge in [0.25, 0.3) is 0 Å². The SMILES string of the molecule is O=C(Cc1ccccc1)SCC(F)(F)F. The summed E-state index contributed by atoms with van der Waals surface area (Å²) < 4.78 is 35.3. The Morgan fingerprint density at radius 2 is 1.80 bits per heavy atom. The summed E-state index contributed by atoms with van der Waals surface area (Å²) in [6.45, 7) is 0. The molecule has 0 aromatic heterocycles. The van der Waals surface area contributed by atoms with Gasteiger partial charge in [0.2, 0.25) is 0 Å². The molecule has 1 aromatic carbocycles. The maximum absolute atomic E-state index is 11.8. The standard InChI is InChI=1S/C10H9F3OS/c11-10(12,13)7-15-9(14)6-8-4-2-1-3-5-8/h1-5H,6-7H2. The molecular formula is C10H9F3OS. The molecule has 0 bridgehead atoms. The van der Waals surface area contributed by atoms with Crippen LogP contribution in [0.15, 0.2) is 30.3 Å². The first-order valence-corrected chi connectivity index (χ1v) is 5.22. The predicted octanol–water partition coefficient (Wildman–Crippen LogP) is 3.05. The van der Waals surface area contributed by atoms with E-state index in [0.717, 1.165) is 5.56 Å². The fraction of sp³-hybridized carbons (Fsp3) is 0.300. The zero-order valence-corrected chi connectivity index (χ0v) is 8.57. The Morgan fingerprint density at radius 3 is 2.33 bits per heavy atom. The van der Waals surface area contributed by atoms with E-state index in [1.807, 2.05) is 0 Å². The third-order valence-corrected chi connectivity index (χ3v) is 2.53. The van der Waals surface area contributed by atoms with Gasteiger partial charge in [0.1, 0.15) is 0 Å². The zero-order chi connectivity index (χ0) is 11.3. The van der Waals surface area contributed by atoms with Crippen LogP contribution >= 0.6 is 11.8 Å². The number of thioether (sulfide) groups is 1. The van der Waals surface area contributed by atoms with Crippen molar-refractivity contribution in [1.29, 1.82) is 0 Å². The van der Waals surface area contributed by atoms with Crippen molar-refractivity contribution in [3.63, 3.8) is 0 Å². The lowest BCUT2D eigenvalue weighted by Crippen LogP contribution is -2.13. The van der Waals surface area contributed by atoms with E-state index in [-0.39, 0.29) is 6.42 Å². The third-order valence-electron chi connectivity index (χ3n) is 1.59. The van der Waals surface area contributed by atoms with Crippen molar-refractivity contribution in [3.05, 3.63) is 35.9 Å². The minimum atomic E-state index is -4.28. The number of alkyl halides is 3. The Labute approximate surface area is 89.7 Å². The van der Waals surface area contributed by atoms with Gasteiger partial charge in [-0.15, -0.1) is 0 Å². The number of carbonyl (C=O) groups is 1. The maximum atomic E-state index is 11.8. The first kappa shape index (κ1) is 12.1. The molecule has 0 spiro atoms. The first-order valence-electron chi connectivity index (χ1n) is 4.24. The summed E-state index contributed by atoms with van der Waals surface area (Å²) in [7, 11) is 0. The number of carbonyl (C=O) groups excluding carboxylic acids is 1. The second kappa shape index (κ2) is 5.21. The van der Waals surface area contributed by atoms with Gasteiger partial charge >= 0.3 is 6.18 Å². The lowest BCUT2D eigenvalue weighted by atomic mass is 10.2. The molecule has 1 rings (SSSR count). The van der Waals surface area contributed by atoms with Crippen LogP contribution in [-0.4, -0.2) is 17.0 Å². The monoisotopic (exact) mass is 234 g/mol. The van der Waals surface area contributed by atoms with Crippen molar-refractivity contribution >= 4 is 16.9 Å². The molecule has 0 saturated carbocycles. The molecule has 0 fully saturated rings. The molecule has 0 atom stereocenters. The van der Waals surface area contributed by atoms with Gasteiger partial charge in [-0.05, 0) is 5.56 Å². The molecule has 15 heavy (non-hydrogen) atoms. The molecule has 0 aliphatic carbocycles. The van der Waals surface area contributed by atoms with Crippen molar-refractivity contribution < 1.29 is 18.0 Å². The molecule has 0 unspecified atom stereocenters. The van der Waals surface area contributed by atoms with Gasteiger partial charge < -0.3 is 0 Å². The van der Waals surface area contributed by atoms with E-state index in [0.29, 0.717) is 11.8 Å². The normalized spacial score (nSPS) is 11.4. The van der Waals surface area contributed by atoms with Gasteiger partial charge in [-0.2, -0.15) is 13.2 Å². The van der Waals surface area contributed by atoms with E-state index < -0.39 is 17.0 Å². The second-order valence-corrected chi connectivity index (χ2v) is 3.97. The van der Waals surface area contributed by atoms with Crippen molar-refractivity contribution in [2.45, 2.75) is 12.6 Å². The molecule has 0 heterocycles. The molecule has 0 N–H and O–H groups in total. The molecule has 0 aliphatic heterocycles. The van der Waals surface area contributed by atoms with Gasteiger partial charge in [-0.1, -0.05) is 42.1 Å². The average molecular weight is 234 g/mol. The smallest absolute Gasteiger partial charge is 0.287 e. The Hall–Kier alpha value is -0.970. The van der Waals surface area contributed by atoms with Gasteiger partial charge in [-0.3, -0.25) is 4.79 Å². The van der Waals surface area contributed by atoms with Crippen LogP contribution in [0.3, 0.4) is 0 Å². The number of rotatable bonds is 3. The number of hydrogen-bond donors (Lipinski definition) is 0. The lowest BCUT2D eigenvalue weighted by Gasteiger charge is -2.04. The molecule has 0 amide bonds. The summed E-state index contributed by atoms with van der Waals surface area (Å²) >= 11 is 0.314. The highest BCUT2D eigenvalue weighted by atomic mass is 32.2. The van der Waals surface area contributed by atoms with Gasteiger partial charge in [0.05, 0.1) is 5.75 Å². The topological polar surface area (TPSA) is 17.1 Å². The largest absolute Gasteiger partial charge is 0.398 e. The van der Waals surface area contributed by atoms with Crippen LogP contribution in [0.4, 0.5) is 13.2 Å². The number of benzene rings is 1. The molecular weight excluding hydrogens is 225 g/mol. The Bertz CT molecular complexity index is 321. The summed E-state index contributed by atoms with van der Waals surface area (Å²) in [5.41, 5.74) is 0.733. The second-order valence-electron chi connectivity index (χ2n) is 2.94. The van der Waals surface area contributed by atoms with E-state index >= 15 is 0 Å². The fourth-order valence-electron chi connectivity index (χ4n) is 0.976. The summed E-state index contributed by atoms with van der Waals surface area (Å²) in [5.74, 6) is -1.11. The number of hydrogen-bond acceptors (Lipinski definition) is 2. The van der Waals surface area contributed by atoms with Gasteiger partial charge in [0, 0.05) is 6.42 Å². The molecule has 82 valence electrons. The van der Waals surface area contributed by atoms with Gasteiger partial charge in [-0.25, -0.2) is 0 Å². The molecule has 5 heteroatoms. The summed E-state index contributed by atoms with van der Waals surface area (Å²) in [5, 5.41) is -0.460. The zero-order valence-electron chi connectivity index (χ0n) is 7.75.